The van der Waals surface area contributed by atoms with Crippen LogP contribution in [0.2, 0.25) is 0 Å². The number of para-hydroxylation sites is 1. The Morgan fingerprint density at radius 3 is 1.68 bits per heavy atom. The molecule has 4 heteroatoms. The van der Waals surface area contributed by atoms with E-state index in [2.05, 4.69) is 140 Å². The number of nitrogens with zero attached hydrogens (tertiary/aromatic N) is 3. The van der Waals surface area contributed by atoms with Crippen LogP contribution in [0.1, 0.15) is 18.4 Å². The van der Waals surface area contributed by atoms with Crippen molar-refractivity contribution >= 4 is 38.3 Å². The van der Waals surface area contributed by atoms with E-state index >= 15 is 0 Å². The molecule has 7 aromatic carbocycles. The Kier molecular flexibility index (Phi) is 7.58. The zero-order chi connectivity index (χ0) is 35.1. The highest BCUT2D eigenvalue weighted by molar-refractivity contribution is 6.17. The summed E-state index contributed by atoms with van der Waals surface area (Å²) in [7, 11) is 0. The summed E-state index contributed by atoms with van der Waals surface area (Å²) < 4.78 is 6.49. The number of rotatable bonds is 6. The molecule has 0 radical (unpaired) electrons. The van der Waals surface area contributed by atoms with Crippen molar-refractivity contribution in [3.05, 3.63) is 182 Å². The van der Waals surface area contributed by atoms with Crippen molar-refractivity contribution in [3.63, 3.8) is 0 Å². The van der Waals surface area contributed by atoms with Crippen molar-refractivity contribution in [1.82, 2.24) is 15.0 Å². The van der Waals surface area contributed by atoms with Crippen LogP contribution in [-0.2, 0) is 0 Å². The number of furan rings is 1. The minimum Gasteiger partial charge on any atom is -0.456 e. The summed E-state index contributed by atoms with van der Waals surface area (Å²) in [5, 5.41) is 4.43. The van der Waals surface area contributed by atoms with E-state index in [0.29, 0.717) is 17.5 Å². The van der Waals surface area contributed by atoms with Gasteiger partial charge in [-0.2, -0.15) is 0 Å². The van der Waals surface area contributed by atoms with Crippen molar-refractivity contribution in [3.8, 4) is 56.4 Å². The molecule has 2 heterocycles. The fourth-order valence-corrected chi connectivity index (χ4v) is 7.69. The predicted octanol–water partition coefficient (Wildman–Crippen LogP) is 13.0. The molecule has 0 amide bonds. The van der Waals surface area contributed by atoms with Crippen LogP contribution in [0.25, 0.3) is 94.7 Å². The Hall–Kier alpha value is -6.91. The zero-order valence-electron chi connectivity index (χ0n) is 28.9. The van der Waals surface area contributed by atoms with Crippen molar-refractivity contribution in [2.45, 2.75) is 12.8 Å². The number of hydrogen-bond acceptors (Lipinski definition) is 4. The summed E-state index contributed by atoms with van der Waals surface area (Å²) >= 11 is 0. The summed E-state index contributed by atoms with van der Waals surface area (Å²) in [6.45, 7) is 0. The highest BCUT2D eigenvalue weighted by atomic mass is 16.3. The molecule has 0 N–H and O–H groups in total. The van der Waals surface area contributed by atoms with Crippen molar-refractivity contribution in [2.24, 2.45) is 0 Å². The van der Waals surface area contributed by atoms with E-state index in [1.807, 2.05) is 36.4 Å². The normalized spacial score (nSPS) is 12.8. The number of allylic oxidation sites excluding steroid dienone is 4. The average molecular weight is 680 g/mol. The molecule has 0 aliphatic heterocycles. The van der Waals surface area contributed by atoms with Gasteiger partial charge in [-0.05, 0) is 75.2 Å². The van der Waals surface area contributed by atoms with Gasteiger partial charge >= 0.3 is 0 Å². The predicted molar refractivity (Wildman–Crippen MR) is 218 cm³/mol. The quantitative estimate of drug-likeness (QED) is 0.175. The molecular formula is C49H33N3O. The van der Waals surface area contributed by atoms with Crippen LogP contribution in [0.5, 0.6) is 0 Å². The summed E-state index contributed by atoms with van der Waals surface area (Å²) in [6, 6.07) is 54.8. The van der Waals surface area contributed by atoms with E-state index in [1.165, 1.54) is 21.9 Å². The van der Waals surface area contributed by atoms with Crippen molar-refractivity contribution < 1.29 is 4.42 Å². The maximum atomic E-state index is 6.49. The first-order valence-electron chi connectivity index (χ1n) is 18.1. The molecule has 0 saturated carbocycles. The van der Waals surface area contributed by atoms with Gasteiger partial charge in [0.1, 0.15) is 11.2 Å². The molecule has 0 spiro atoms. The third-order valence-electron chi connectivity index (χ3n) is 10.3. The molecule has 1 aliphatic carbocycles. The average Bonchev–Trinajstić information content (AvgIpc) is 3.63. The summed E-state index contributed by atoms with van der Waals surface area (Å²) in [6.07, 6.45) is 8.75. The second-order valence-corrected chi connectivity index (χ2v) is 13.4. The van der Waals surface area contributed by atoms with E-state index in [4.69, 9.17) is 19.4 Å². The molecule has 4 nitrogen and oxygen atoms in total. The monoisotopic (exact) mass is 679 g/mol. The van der Waals surface area contributed by atoms with Gasteiger partial charge in [0.2, 0.25) is 0 Å². The summed E-state index contributed by atoms with van der Waals surface area (Å²) in [5.41, 5.74) is 11.5. The zero-order valence-corrected chi connectivity index (χ0v) is 28.9. The second kappa shape index (κ2) is 13.0. The van der Waals surface area contributed by atoms with E-state index in [9.17, 15) is 0 Å². The molecule has 1 aliphatic rings. The highest BCUT2D eigenvalue weighted by Crippen LogP contribution is 2.45. The minimum absolute atomic E-state index is 0.599. The van der Waals surface area contributed by atoms with Gasteiger partial charge in [0, 0.05) is 27.5 Å². The van der Waals surface area contributed by atoms with Gasteiger partial charge in [-0.15, -0.1) is 0 Å². The first kappa shape index (κ1) is 30.9. The SMILES string of the molecule is C1=CCCC(c2ccc(-c3ccc4oc5ccccc5c4c3-c3nc(-c4ccccc4)nc(-c4ccc(-c5ccccc5)cc4)n3)c3ccccc23)=C1. The molecule has 0 saturated heterocycles. The Bertz CT molecular complexity index is 2870. The topological polar surface area (TPSA) is 51.8 Å². The lowest BCUT2D eigenvalue weighted by molar-refractivity contribution is 0.669. The van der Waals surface area contributed by atoms with Crippen LogP contribution in [0.4, 0.5) is 0 Å². The molecule has 0 bridgehead atoms. The Labute approximate surface area is 307 Å². The number of hydrogen-bond donors (Lipinski definition) is 0. The van der Waals surface area contributed by atoms with Crippen molar-refractivity contribution in [1.29, 1.82) is 0 Å². The van der Waals surface area contributed by atoms with Crippen LogP contribution in [-0.4, -0.2) is 15.0 Å². The Morgan fingerprint density at radius 2 is 0.962 bits per heavy atom. The van der Waals surface area contributed by atoms with E-state index in [1.54, 1.807) is 0 Å². The van der Waals surface area contributed by atoms with Crippen molar-refractivity contribution in [2.75, 3.05) is 0 Å². The van der Waals surface area contributed by atoms with Crippen LogP contribution in [0.3, 0.4) is 0 Å². The summed E-state index contributed by atoms with van der Waals surface area (Å²) in [4.78, 5) is 15.7. The lowest BCUT2D eigenvalue weighted by atomic mass is 9.87. The molecule has 9 aromatic rings. The van der Waals surface area contributed by atoms with Gasteiger partial charge in [-0.1, -0.05) is 158 Å². The van der Waals surface area contributed by atoms with E-state index in [-0.39, 0.29) is 0 Å². The first-order valence-corrected chi connectivity index (χ1v) is 18.1. The third-order valence-corrected chi connectivity index (χ3v) is 10.3. The number of fused-ring (bicyclic) bond motifs is 4. The van der Waals surface area contributed by atoms with Crippen LogP contribution in [0.15, 0.2) is 180 Å². The maximum Gasteiger partial charge on any atom is 0.165 e. The van der Waals surface area contributed by atoms with Gasteiger partial charge in [0.15, 0.2) is 17.5 Å². The second-order valence-electron chi connectivity index (χ2n) is 13.4. The van der Waals surface area contributed by atoms with Gasteiger partial charge in [-0.3, -0.25) is 0 Å². The van der Waals surface area contributed by atoms with Crippen LogP contribution < -0.4 is 0 Å². The van der Waals surface area contributed by atoms with Crippen LogP contribution in [0, 0.1) is 0 Å². The van der Waals surface area contributed by atoms with Gasteiger partial charge in [-0.25, -0.2) is 15.0 Å². The standard InChI is InChI=1S/C49H33N3O/c1-4-14-32(15-5-1)33-24-26-36(27-25-33)48-50-47(35-18-8-3-9-19-35)51-49(52-48)46-41(30-31-44-45(46)42-22-12-13-23-43(42)53-44)40-29-28-37(34-16-6-2-7-17-34)38-20-10-11-21-39(38)40/h1-6,8-16,18-31H,7,17H2. The highest BCUT2D eigenvalue weighted by Gasteiger charge is 2.23. The molecular weight excluding hydrogens is 647 g/mol. The maximum absolute atomic E-state index is 6.49. The van der Waals surface area contributed by atoms with E-state index in [0.717, 1.165) is 73.7 Å². The van der Waals surface area contributed by atoms with E-state index < -0.39 is 0 Å². The molecule has 0 atom stereocenters. The fraction of sp³-hybridized carbons (Fsp3) is 0.0408. The number of benzene rings is 7. The number of aromatic nitrogens is 3. The van der Waals surface area contributed by atoms with Gasteiger partial charge in [0.25, 0.3) is 0 Å². The molecule has 53 heavy (non-hydrogen) atoms. The lowest BCUT2D eigenvalue weighted by Crippen LogP contribution is -2.02. The molecule has 10 rings (SSSR count). The minimum atomic E-state index is 0.599. The van der Waals surface area contributed by atoms with Gasteiger partial charge in [0.05, 0.1) is 0 Å². The van der Waals surface area contributed by atoms with Crippen LogP contribution >= 0.6 is 0 Å². The molecule has 2 aromatic heterocycles. The fourth-order valence-electron chi connectivity index (χ4n) is 7.69. The van der Waals surface area contributed by atoms with Gasteiger partial charge < -0.3 is 4.42 Å². The Morgan fingerprint density at radius 1 is 0.415 bits per heavy atom. The first-order chi connectivity index (χ1) is 26.3. The third kappa shape index (κ3) is 5.53. The molecule has 0 fully saturated rings. The molecule has 250 valence electrons. The lowest BCUT2D eigenvalue weighted by Gasteiger charge is -2.18. The molecule has 0 unspecified atom stereocenters. The largest absolute Gasteiger partial charge is 0.456 e. The Balaban J connectivity index is 1.25. The smallest absolute Gasteiger partial charge is 0.165 e. The summed E-state index contributed by atoms with van der Waals surface area (Å²) in [5.74, 6) is 1.83.